The van der Waals surface area contributed by atoms with Gasteiger partial charge in [-0.15, -0.1) is 0 Å². The molecular formula is C17H20Cl2N2. The molecule has 0 radical (unpaired) electrons. The summed E-state index contributed by atoms with van der Waals surface area (Å²) in [5.74, 6) is 0. The molecule has 2 nitrogen and oxygen atoms in total. The Morgan fingerprint density at radius 1 is 1.05 bits per heavy atom. The summed E-state index contributed by atoms with van der Waals surface area (Å²) < 4.78 is 0. The molecule has 0 aliphatic rings. The van der Waals surface area contributed by atoms with E-state index in [1.807, 2.05) is 30.3 Å². The highest BCUT2D eigenvalue weighted by Gasteiger charge is 2.14. The first-order valence-electron chi connectivity index (χ1n) is 7.13. The highest BCUT2D eigenvalue weighted by molar-refractivity contribution is 6.42. The van der Waals surface area contributed by atoms with E-state index in [-0.39, 0.29) is 6.04 Å². The Morgan fingerprint density at radius 2 is 1.76 bits per heavy atom. The number of anilines is 1. The van der Waals surface area contributed by atoms with Crippen LogP contribution in [0.4, 0.5) is 5.69 Å². The molecule has 0 saturated carbocycles. The van der Waals surface area contributed by atoms with Gasteiger partial charge in [0.05, 0.1) is 10.0 Å². The molecule has 0 spiro atoms. The van der Waals surface area contributed by atoms with E-state index in [0.29, 0.717) is 10.0 Å². The lowest BCUT2D eigenvalue weighted by atomic mass is 10.0. The first kappa shape index (κ1) is 16.2. The molecule has 2 aromatic carbocycles. The number of hydrogen-bond donors (Lipinski definition) is 1. The summed E-state index contributed by atoms with van der Waals surface area (Å²) in [6.45, 7) is 3.97. The lowest BCUT2D eigenvalue weighted by molar-refractivity contribution is 0.632. The summed E-state index contributed by atoms with van der Waals surface area (Å²) in [4.78, 5) is 2.30. The lowest BCUT2D eigenvalue weighted by Gasteiger charge is -2.25. The minimum atomic E-state index is -0.117. The fraction of sp³-hybridized carbons (Fsp3) is 0.294. The van der Waals surface area contributed by atoms with Crippen LogP contribution in [0.3, 0.4) is 0 Å². The van der Waals surface area contributed by atoms with Crippen molar-refractivity contribution in [3.63, 3.8) is 0 Å². The van der Waals surface area contributed by atoms with Crippen molar-refractivity contribution < 1.29 is 0 Å². The first-order valence-corrected chi connectivity index (χ1v) is 7.88. The Labute approximate surface area is 136 Å². The van der Waals surface area contributed by atoms with Crippen molar-refractivity contribution in [2.24, 2.45) is 5.73 Å². The quantitative estimate of drug-likeness (QED) is 0.818. The number of para-hydroxylation sites is 1. The second kappa shape index (κ2) is 7.69. The molecule has 0 heterocycles. The third kappa shape index (κ3) is 4.13. The maximum atomic E-state index is 6.28. The fourth-order valence-electron chi connectivity index (χ4n) is 2.37. The molecule has 2 aromatic rings. The highest BCUT2D eigenvalue weighted by Crippen LogP contribution is 2.30. The molecule has 4 heteroatoms. The van der Waals surface area contributed by atoms with Crippen LogP contribution >= 0.6 is 23.2 Å². The molecule has 0 amide bonds. The summed E-state index contributed by atoms with van der Waals surface area (Å²) in [5, 5.41) is 1.12. The predicted molar refractivity (Wildman–Crippen MR) is 92.3 cm³/mol. The zero-order chi connectivity index (χ0) is 15.2. The van der Waals surface area contributed by atoms with Crippen molar-refractivity contribution in [1.82, 2.24) is 0 Å². The number of nitrogens with zero attached hydrogens (tertiary/aromatic N) is 1. The van der Waals surface area contributed by atoms with Gasteiger partial charge in [-0.1, -0.05) is 53.5 Å². The number of halogens is 2. The van der Waals surface area contributed by atoms with E-state index in [2.05, 4.69) is 24.0 Å². The van der Waals surface area contributed by atoms with Gasteiger partial charge in [0, 0.05) is 24.8 Å². The largest absolute Gasteiger partial charge is 0.372 e. The molecule has 112 valence electrons. The van der Waals surface area contributed by atoms with Crippen LogP contribution in [0.2, 0.25) is 10.0 Å². The van der Waals surface area contributed by atoms with Crippen LogP contribution in [-0.4, -0.2) is 13.1 Å². The Kier molecular flexibility index (Phi) is 5.92. The highest BCUT2D eigenvalue weighted by atomic mass is 35.5. The zero-order valence-corrected chi connectivity index (χ0v) is 13.6. The standard InChI is InChI=1S/C17H20Cl2N2/c1-2-21(13-7-4-3-5-8-13)12-11-16(20)14-9-6-10-15(18)17(14)19/h3-10,16H,2,11-12,20H2,1H3. The van der Waals surface area contributed by atoms with Gasteiger partial charge in [-0.05, 0) is 37.1 Å². The third-order valence-corrected chi connectivity index (χ3v) is 4.43. The van der Waals surface area contributed by atoms with Crippen LogP contribution < -0.4 is 10.6 Å². The molecule has 0 bridgehead atoms. The summed E-state index contributed by atoms with van der Waals surface area (Å²) in [7, 11) is 0. The monoisotopic (exact) mass is 322 g/mol. The molecule has 1 atom stereocenters. The average molecular weight is 323 g/mol. The summed E-state index contributed by atoms with van der Waals surface area (Å²) in [6, 6.07) is 15.8. The Hall–Kier alpha value is -1.22. The Bertz CT molecular complexity index is 572. The van der Waals surface area contributed by atoms with Crippen molar-refractivity contribution in [1.29, 1.82) is 0 Å². The molecule has 0 aromatic heterocycles. The molecule has 0 aliphatic heterocycles. The van der Waals surface area contributed by atoms with Gasteiger partial charge >= 0.3 is 0 Å². The second-order valence-electron chi connectivity index (χ2n) is 4.95. The number of rotatable bonds is 6. The number of hydrogen-bond acceptors (Lipinski definition) is 2. The number of benzene rings is 2. The average Bonchev–Trinajstić information content (AvgIpc) is 2.51. The van der Waals surface area contributed by atoms with Gasteiger partial charge < -0.3 is 10.6 Å². The molecule has 21 heavy (non-hydrogen) atoms. The van der Waals surface area contributed by atoms with Gasteiger partial charge in [-0.2, -0.15) is 0 Å². The van der Waals surface area contributed by atoms with Gasteiger partial charge in [0.2, 0.25) is 0 Å². The molecule has 0 saturated heterocycles. The van der Waals surface area contributed by atoms with Crippen molar-refractivity contribution in [3.05, 3.63) is 64.1 Å². The topological polar surface area (TPSA) is 29.3 Å². The maximum absolute atomic E-state index is 6.28. The fourth-order valence-corrected chi connectivity index (χ4v) is 2.81. The van der Waals surface area contributed by atoms with Gasteiger partial charge in [0.1, 0.15) is 0 Å². The summed E-state index contributed by atoms with van der Waals surface area (Å²) >= 11 is 12.3. The van der Waals surface area contributed by atoms with Crippen LogP contribution in [-0.2, 0) is 0 Å². The Balaban J connectivity index is 2.03. The van der Waals surface area contributed by atoms with Crippen LogP contribution in [0, 0.1) is 0 Å². The van der Waals surface area contributed by atoms with E-state index < -0.39 is 0 Å². The minimum absolute atomic E-state index is 0.117. The van der Waals surface area contributed by atoms with E-state index in [0.717, 1.165) is 25.1 Å². The van der Waals surface area contributed by atoms with Gasteiger partial charge in [-0.3, -0.25) is 0 Å². The maximum Gasteiger partial charge on any atom is 0.0640 e. The van der Waals surface area contributed by atoms with Crippen molar-refractivity contribution in [3.8, 4) is 0 Å². The van der Waals surface area contributed by atoms with Crippen molar-refractivity contribution in [2.75, 3.05) is 18.0 Å². The van der Waals surface area contributed by atoms with E-state index in [9.17, 15) is 0 Å². The van der Waals surface area contributed by atoms with Gasteiger partial charge in [-0.25, -0.2) is 0 Å². The molecule has 2 N–H and O–H groups in total. The Morgan fingerprint density at radius 3 is 2.43 bits per heavy atom. The van der Waals surface area contributed by atoms with E-state index >= 15 is 0 Å². The van der Waals surface area contributed by atoms with Crippen LogP contribution in [0.25, 0.3) is 0 Å². The second-order valence-corrected chi connectivity index (χ2v) is 5.74. The molecule has 0 aliphatic carbocycles. The van der Waals surface area contributed by atoms with Gasteiger partial charge in [0.25, 0.3) is 0 Å². The SMILES string of the molecule is CCN(CCC(N)c1cccc(Cl)c1Cl)c1ccccc1. The van der Waals surface area contributed by atoms with E-state index in [4.69, 9.17) is 28.9 Å². The van der Waals surface area contributed by atoms with Crippen molar-refractivity contribution >= 4 is 28.9 Å². The van der Waals surface area contributed by atoms with E-state index in [1.165, 1.54) is 5.69 Å². The van der Waals surface area contributed by atoms with Crippen molar-refractivity contribution in [2.45, 2.75) is 19.4 Å². The lowest BCUT2D eigenvalue weighted by Crippen LogP contribution is -2.27. The smallest absolute Gasteiger partial charge is 0.0640 e. The first-order chi connectivity index (χ1) is 10.1. The van der Waals surface area contributed by atoms with Crippen LogP contribution in [0.5, 0.6) is 0 Å². The predicted octanol–water partition coefficient (Wildman–Crippen LogP) is 4.91. The molecule has 1 unspecified atom stereocenters. The molecular weight excluding hydrogens is 303 g/mol. The molecule has 2 rings (SSSR count). The summed E-state index contributed by atoms with van der Waals surface area (Å²) in [5.41, 5.74) is 8.40. The zero-order valence-electron chi connectivity index (χ0n) is 12.1. The van der Waals surface area contributed by atoms with E-state index in [1.54, 1.807) is 6.07 Å². The van der Waals surface area contributed by atoms with Crippen LogP contribution in [0.15, 0.2) is 48.5 Å². The van der Waals surface area contributed by atoms with Crippen LogP contribution in [0.1, 0.15) is 24.9 Å². The normalized spacial score (nSPS) is 12.2. The third-order valence-electron chi connectivity index (χ3n) is 3.59. The van der Waals surface area contributed by atoms with Gasteiger partial charge in [0.15, 0.2) is 0 Å². The molecule has 0 fully saturated rings. The summed E-state index contributed by atoms with van der Waals surface area (Å²) in [6.07, 6.45) is 0.822. The minimum Gasteiger partial charge on any atom is -0.372 e. The number of nitrogens with two attached hydrogens (primary N) is 1.